The molecule has 7 aromatic carbocycles. The van der Waals surface area contributed by atoms with Crippen LogP contribution in [0.25, 0.3) is 11.1 Å². The molecule has 17 bridgehead atoms. The number of aromatic hydroxyl groups is 4. The van der Waals surface area contributed by atoms with E-state index in [-0.39, 0.29) is 47.8 Å². The largest absolute Gasteiger partial charge is 0.508 e. The van der Waals surface area contributed by atoms with Gasteiger partial charge in [-0.05, 0) is 178 Å². The third-order valence-corrected chi connectivity index (χ3v) is 24.9. The van der Waals surface area contributed by atoms with Gasteiger partial charge in [0.2, 0.25) is 65.6 Å². The number of unbranched alkanes of at least 4 members (excludes halogenated alkanes) is 5. The monoisotopic (exact) mass is 1910 g/mol. The lowest BCUT2D eigenvalue weighted by atomic mass is 9.89. The van der Waals surface area contributed by atoms with Gasteiger partial charge in [0.25, 0.3) is 0 Å². The Kier molecular flexibility index (Phi) is 33.6. The van der Waals surface area contributed by atoms with Gasteiger partial charge >= 0.3 is 5.97 Å². The second-order valence-electron chi connectivity index (χ2n) is 34.2. The minimum atomic E-state index is -2.45. The molecule has 0 unspecified atom stereocenters. The van der Waals surface area contributed by atoms with Crippen molar-refractivity contribution in [2.45, 2.75) is 201 Å². The number of carbonyl (C=O) groups excluding carboxylic acids is 9. The number of benzene rings is 7. The summed E-state index contributed by atoms with van der Waals surface area (Å²) < 4.78 is 50.1. The van der Waals surface area contributed by atoms with Gasteiger partial charge in [0, 0.05) is 48.2 Å². The molecular formula is C93H112Cl2N12O28. The number of aliphatic hydroxyl groups is 7. The number of hydrogen-bond acceptors (Lipinski definition) is 32. The fourth-order valence-electron chi connectivity index (χ4n) is 16.9. The Morgan fingerprint density at radius 3 is 1.88 bits per heavy atom. The van der Waals surface area contributed by atoms with E-state index in [1.807, 2.05) is 0 Å². The van der Waals surface area contributed by atoms with Gasteiger partial charge in [-0.2, -0.15) is 0 Å². The molecule has 40 nitrogen and oxygen atoms in total. The van der Waals surface area contributed by atoms with Crippen LogP contribution >= 0.6 is 23.2 Å². The van der Waals surface area contributed by atoms with Crippen LogP contribution < -0.4 is 83.0 Å². The summed E-state index contributed by atoms with van der Waals surface area (Å²) in [6, 6.07) is 5.94. The molecule has 0 aromatic heterocycles. The maximum absolute atomic E-state index is 17.0. The number of hydrogen-bond donors (Lipinski definition) is 22. The number of halogens is 2. The van der Waals surface area contributed by atoms with Crippen molar-refractivity contribution in [2.24, 2.45) is 17.4 Å². The van der Waals surface area contributed by atoms with E-state index in [1.54, 1.807) is 0 Å². The summed E-state index contributed by atoms with van der Waals surface area (Å²) in [5.41, 5.74) is 9.12. The Morgan fingerprint density at radius 1 is 0.556 bits per heavy atom. The zero-order valence-corrected chi connectivity index (χ0v) is 75.6. The van der Waals surface area contributed by atoms with E-state index in [0.717, 1.165) is 106 Å². The van der Waals surface area contributed by atoms with Gasteiger partial charge in [-0.15, -0.1) is 0 Å². The van der Waals surface area contributed by atoms with Crippen LogP contribution in [0.5, 0.6) is 69.0 Å². The number of likely N-dealkylation sites (N-methyl/N-ethyl adjacent to an activating group) is 1. The molecule has 135 heavy (non-hydrogen) atoms. The summed E-state index contributed by atoms with van der Waals surface area (Å²) in [5, 5.41) is 152. The molecule has 0 radical (unpaired) electrons. The lowest BCUT2D eigenvalue weighted by Gasteiger charge is -2.41. The number of methoxy groups -OCH3 is 1. The first-order valence-corrected chi connectivity index (χ1v) is 45.2. The quantitative estimate of drug-likeness (QED) is 0.0245. The number of aliphatic hydroxyl groups excluding tert-OH is 7. The summed E-state index contributed by atoms with van der Waals surface area (Å²) in [4.78, 5) is 142. The fourth-order valence-corrected chi connectivity index (χ4v) is 17.3. The van der Waals surface area contributed by atoms with Crippen LogP contribution in [0.15, 0.2) is 115 Å². The van der Waals surface area contributed by atoms with Crippen LogP contribution in [0.1, 0.15) is 160 Å². The number of nitrogens with two attached hydrogens (primary N) is 2. The number of esters is 1. The molecule has 8 amide bonds. The topological polar surface area (TPSA) is 614 Å². The van der Waals surface area contributed by atoms with Crippen molar-refractivity contribution in [1.29, 1.82) is 0 Å². The highest BCUT2D eigenvalue weighted by molar-refractivity contribution is 6.33. The van der Waals surface area contributed by atoms with Crippen molar-refractivity contribution in [3.8, 4) is 80.1 Å². The first kappa shape index (κ1) is 100. The molecule has 7 aromatic rings. The summed E-state index contributed by atoms with van der Waals surface area (Å²) in [5.74, 6) is -16.7. The van der Waals surface area contributed by atoms with Gasteiger partial charge in [-0.3, -0.25) is 38.4 Å². The lowest BCUT2D eigenvalue weighted by Crippen LogP contribution is -2.66. The highest BCUT2D eigenvalue weighted by atomic mass is 35.5. The number of carbonyl (C=O) groups is 9. The van der Waals surface area contributed by atoms with Crippen molar-refractivity contribution in [3.63, 3.8) is 0 Å². The molecule has 2 saturated heterocycles. The number of nitrogens with zero attached hydrogens (tertiary/aromatic N) is 1. The molecule has 8 aliphatic rings. The van der Waals surface area contributed by atoms with E-state index in [2.05, 4.69) is 66.6 Å². The van der Waals surface area contributed by atoms with Gasteiger partial charge in [-0.25, -0.2) is 4.79 Å². The van der Waals surface area contributed by atoms with E-state index in [4.69, 9.17) is 72.6 Å². The molecule has 24 N–H and O–H groups in total. The number of amides is 8. The van der Waals surface area contributed by atoms with E-state index in [1.165, 1.54) is 55.6 Å². The molecule has 8 heterocycles. The Morgan fingerprint density at radius 2 is 1.19 bits per heavy atom. The van der Waals surface area contributed by atoms with Crippen molar-refractivity contribution >= 4 is 76.4 Å². The molecule has 0 aliphatic carbocycles. The first-order chi connectivity index (χ1) is 64.7. The second-order valence-corrected chi connectivity index (χ2v) is 35.0. The Balaban J connectivity index is 1.03. The number of phenolic OH excluding ortho intramolecular Hbond substituents is 4. The lowest BCUT2D eigenvalue weighted by molar-refractivity contribution is -0.277. The molecular weight excluding hydrogens is 1800 g/mol. The SMILES string of the molecule is CN[C@@H]1C(=O)N[C@@H]2Cc3ccc(cc3)Oc3cc4cc(c3O[C@@H]3O[C@H](C(=O)OC)[C@@H](O)[C@H](O)[C@H]3NC(=O)CCCCCCCCC(C)C)Oc3ccc(cc3Cl)[C@@H](O)[C@@H]3NC(=O)[C@H](NC(=O)[C@@H]4NC(=O)[C@@H](NC2=O)c2cc(cc(O)c2Cl)Oc2cc1ccc2O)c1ccc(O)c(c1)-c1c(O[C@H]2O[C@H](CO)[C@@H](O)[C@H](O)[C@@H]2O)cc(O)cc1[C@H](C(=O)NCCCN(CCCN)CCCN)NC3=O. The van der Waals surface area contributed by atoms with Gasteiger partial charge in [0.15, 0.2) is 29.1 Å². The maximum atomic E-state index is 17.0. The van der Waals surface area contributed by atoms with E-state index in [0.29, 0.717) is 69.9 Å². The number of nitrogens with one attached hydrogen (secondary N) is 9. The predicted octanol–water partition coefficient (Wildman–Crippen LogP) is 3.69. The minimum Gasteiger partial charge on any atom is -0.508 e. The standard InChI is InChI=1S/C93H112Cl2N12O28/c1-43(2)14-9-7-5-6-8-10-15-66(113)101-75-78(116)80(118)83(91(127)128-4)135-92(75)134-82-63-36-48-37-64(82)131-60-25-20-47(34-55(60)94)76(114)74-90(126)105-72(85(121)99-28-13-31-107(29-11-26-96)30-12-27-97)53-38-49(109)39-62(132-93-81(119)79(117)77(115)65(42-108)133-93)67(53)52-33-45(18-23-57(52)110)70(87(123)106-74)102-88(124)71(48)103-89(125)73-54-40-51(41-59(112)68(54)95)130-61-35-46(19-24-58(61)111)69(98-3)86(122)100-56(84(120)104-73)32-44-16-21-50(129-63)22-17-44/h16-25,33-41,43,56,65,69-81,83,92-93,98,108-112,114-119H,5-15,26-32,42,96-97H2,1-4H3,(H,99,121)(H,100,122)(H,101,113)(H,102,124)(H,103,125)(H,104,120)(H,105,126)(H,106,123)/t56-,65-,69+,70-,71-,72-,73+,74+,75-,76-,77-,78-,79+,80+,81+,83+,92-,93+/m1/s1. The molecule has 8 aliphatic heterocycles. The molecule has 18 atom stereocenters. The summed E-state index contributed by atoms with van der Waals surface area (Å²) >= 11 is 14.4. The van der Waals surface area contributed by atoms with Crippen LogP contribution in [-0.4, -0.2) is 248 Å². The number of ether oxygens (including phenoxy) is 8. The average Bonchev–Trinajstić information content (AvgIpc) is 0.755. The number of rotatable bonds is 28. The molecule has 0 saturated carbocycles. The molecule has 15 rings (SSSR count). The van der Waals surface area contributed by atoms with Gasteiger partial charge in [0.1, 0.15) is 131 Å². The molecule has 42 heteroatoms. The minimum absolute atomic E-state index is 0.123. The Hall–Kier alpha value is -12.0. The van der Waals surface area contributed by atoms with Crippen LogP contribution in [0.2, 0.25) is 10.0 Å². The first-order valence-electron chi connectivity index (χ1n) is 44.4. The summed E-state index contributed by atoms with van der Waals surface area (Å²) in [6.07, 6.45) is -14.1. The third-order valence-electron chi connectivity index (χ3n) is 24.2. The fraction of sp³-hybridized carbons (Fsp3) is 0.452. The summed E-state index contributed by atoms with van der Waals surface area (Å²) in [6.45, 7) is 5.41. The molecule has 0 spiro atoms. The highest BCUT2D eigenvalue weighted by Gasteiger charge is 2.52. The summed E-state index contributed by atoms with van der Waals surface area (Å²) in [7, 11) is 2.40. The van der Waals surface area contributed by atoms with Crippen LogP contribution in [0.4, 0.5) is 0 Å². The van der Waals surface area contributed by atoms with Gasteiger partial charge in [-0.1, -0.05) is 106 Å². The molecule has 726 valence electrons. The van der Waals surface area contributed by atoms with Crippen molar-refractivity contribution in [3.05, 3.63) is 164 Å². The Labute approximate surface area is 784 Å². The smallest absolute Gasteiger partial charge is 0.337 e. The van der Waals surface area contributed by atoms with E-state index in [9.17, 15) is 70.6 Å². The third kappa shape index (κ3) is 23.6. The normalized spacial score (nSPS) is 25.1. The van der Waals surface area contributed by atoms with Crippen LogP contribution in [-0.2, 0) is 63.8 Å². The van der Waals surface area contributed by atoms with Gasteiger partial charge in [0.05, 0.1) is 23.8 Å². The van der Waals surface area contributed by atoms with Crippen molar-refractivity contribution < 1.29 is 137 Å². The zero-order chi connectivity index (χ0) is 96.9. The van der Waals surface area contributed by atoms with Crippen molar-refractivity contribution in [2.75, 3.05) is 60.0 Å². The molecule has 2 fully saturated rings. The number of fused-ring (bicyclic) bond motifs is 14. The highest BCUT2D eigenvalue weighted by Crippen LogP contribution is 2.51. The van der Waals surface area contributed by atoms with Crippen molar-refractivity contribution in [1.82, 2.24) is 52.8 Å². The average molecular weight is 1920 g/mol. The second kappa shape index (κ2) is 45.1. The maximum Gasteiger partial charge on any atom is 0.337 e. The van der Waals surface area contributed by atoms with Gasteiger partial charge < -0.3 is 158 Å². The van der Waals surface area contributed by atoms with Crippen LogP contribution in [0, 0.1) is 5.92 Å². The van der Waals surface area contributed by atoms with E-state index < -0.39 is 271 Å². The predicted molar refractivity (Wildman–Crippen MR) is 482 cm³/mol. The Bertz CT molecular complexity index is 5480. The van der Waals surface area contributed by atoms with E-state index >= 15 is 28.8 Å². The number of phenols is 4. The van der Waals surface area contributed by atoms with Crippen LogP contribution in [0.3, 0.4) is 0 Å². The zero-order valence-electron chi connectivity index (χ0n) is 74.1.